The largest absolute Gasteiger partial charge is 0.372 e. The highest BCUT2D eigenvalue weighted by molar-refractivity contribution is 5.02. The van der Waals surface area contributed by atoms with Crippen molar-refractivity contribution in [3.8, 4) is 0 Å². The van der Waals surface area contributed by atoms with E-state index in [-0.39, 0.29) is 26.4 Å². The lowest BCUT2D eigenvalue weighted by Gasteiger charge is -2.55. The average Bonchev–Trinajstić information content (AvgIpc) is 2.92. The van der Waals surface area contributed by atoms with Crippen LogP contribution in [0.25, 0.3) is 0 Å². The van der Waals surface area contributed by atoms with Crippen LogP contribution in [0.4, 0.5) is 0 Å². The molecule has 0 aliphatic heterocycles. The van der Waals surface area contributed by atoms with Gasteiger partial charge < -0.3 is 38.3 Å². The summed E-state index contributed by atoms with van der Waals surface area (Å²) in [7, 11) is 0. The number of hydrogen-bond acceptors (Lipinski definition) is 8. The van der Waals surface area contributed by atoms with Crippen LogP contribution in [-0.4, -0.2) is 75.0 Å². The molecule has 0 fully saturated rings. The average molecular weight is 565 g/mol. The number of hydrogen-bond donors (Lipinski definition) is 1. The van der Waals surface area contributed by atoms with Crippen LogP contribution in [0.3, 0.4) is 0 Å². The fourth-order valence-electron chi connectivity index (χ4n) is 4.92. The minimum absolute atomic E-state index is 0.161. The molecule has 39 heavy (non-hydrogen) atoms. The number of unbranched alkanes of at least 4 members (excludes halogenated alkanes) is 7. The quantitative estimate of drug-likeness (QED) is 0.0745. The van der Waals surface area contributed by atoms with E-state index in [9.17, 15) is 5.11 Å². The van der Waals surface area contributed by atoms with Crippen LogP contribution >= 0.6 is 0 Å². The maximum absolute atomic E-state index is 12.1. The lowest BCUT2D eigenvalue weighted by Crippen LogP contribution is -2.77. The van der Waals surface area contributed by atoms with Gasteiger partial charge in [0.2, 0.25) is 0 Å². The van der Waals surface area contributed by atoms with E-state index in [2.05, 4.69) is 13.8 Å². The Kier molecular flexibility index (Phi) is 23.1. The third-order valence-electron chi connectivity index (χ3n) is 6.56. The summed E-state index contributed by atoms with van der Waals surface area (Å²) in [5.41, 5.74) is 0. The van der Waals surface area contributed by atoms with E-state index in [0.29, 0.717) is 26.2 Å². The van der Waals surface area contributed by atoms with Gasteiger partial charge in [0.15, 0.2) is 0 Å². The lowest BCUT2D eigenvalue weighted by molar-refractivity contribution is -0.554. The second-order valence-electron chi connectivity index (χ2n) is 9.92. The van der Waals surface area contributed by atoms with Crippen molar-refractivity contribution in [2.75, 3.05) is 46.2 Å². The monoisotopic (exact) mass is 564 g/mol. The Labute approximate surface area is 240 Å². The molecule has 0 amide bonds. The van der Waals surface area contributed by atoms with Gasteiger partial charge in [-0.25, -0.2) is 0 Å². The zero-order valence-corrected chi connectivity index (χ0v) is 26.8. The van der Waals surface area contributed by atoms with Crippen LogP contribution in [0.2, 0.25) is 0 Å². The highest BCUT2D eigenvalue weighted by Gasteiger charge is 2.73. The number of rotatable bonds is 29. The first-order chi connectivity index (χ1) is 18.9. The van der Waals surface area contributed by atoms with Crippen molar-refractivity contribution in [3.63, 3.8) is 0 Å². The van der Waals surface area contributed by atoms with Crippen molar-refractivity contribution in [1.29, 1.82) is 0 Å². The maximum Gasteiger partial charge on any atom is 0.344 e. The Bertz CT molecular complexity index is 525. The maximum atomic E-state index is 12.1. The Hall–Kier alpha value is -0.320. The fourth-order valence-corrected chi connectivity index (χ4v) is 4.92. The van der Waals surface area contributed by atoms with Gasteiger partial charge in [0.05, 0.1) is 13.2 Å². The molecule has 0 aromatic heterocycles. The molecule has 0 saturated carbocycles. The highest BCUT2D eigenvalue weighted by atomic mass is 16.9. The van der Waals surface area contributed by atoms with E-state index in [0.717, 1.165) is 32.1 Å². The first-order valence-corrected chi connectivity index (χ1v) is 16.1. The third kappa shape index (κ3) is 11.8. The van der Waals surface area contributed by atoms with Gasteiger partial charge in [0, 0.05) is 33.0 Å². The molecule has 1 atom stereocenters. The van der Waals surface area contributed by atoms with E-state index in [1.165, 1.54) is 38.5 Å². The van der Waals surface area contributed by atoms with Gasteiger partial charge in [-0.3, -0.25) is 0 Å². The first-order valence-electron chi connectivity index (χ1n) is 16.1. The Morgan fingerprint density at radius 3 is 1.33 bits per heavy atom. The van der Waals surface area contributed by atoms with Crippen molar-refractivity contribution in [1.82, 2.24) is 0 Å². The zero-order chi connectivity index (χ0) is 29.5. The van der Waals surface area contributed by atoms with Crippen molar-refractivity contribution in [2.45, 2.75) is 156 Å². The van der Waals surface area contributed by atoms with Gasteiger partial charge in [-0.2, -0.15) is 0 Å². The highest BCUT2D eigenvalue weighted by Crippen LogP contribution is 2.47. The molecule has 0 aliphatic carbocycles. The minimum atomic E-state index is -2.31. The van der Waals surface area contributed by atoms with Gasteiger partial charge in [-0.15, -0.1) is 0 Å². The second kappa shape index (κ2) is 23.3. The Morgan fingerprint density at radius 1 is 0.487 bits per heavy atom. The van der Waals surface area contributed by atoms with E-state index in [4.69, 9.17) is 33.2 Å². The molecule has 0 heterocycles. The number of aliphatic hydroxyl groups is 1. The van der Waals surface area contributed by atoms with Crippen LogP contribution in [0.5, 0.6) is 0 Å². The molecular weight excluding hydrogens is 500 g/mol. The van der Waals surface area contributed by atoms with Crippen LogP contribution in [0.1, 0.15) is 132 Å². The molecular formula is C31H64O8. The van der Waals surface area contributed by atoms with Crippen molar-refractivity contribution in [3.05, 3.63) is 0 Å². The molecule has 0 bridgehead atoms. The molecule has 0 aromatic rings. The summed E-state index contributed by atoms with van der Waals surface area (Å²) in [6, 6.07) is 0. The molecule has 0 saturated heterocycles. The fraction of sp³-hybridized carbons (Fsp3) is 1.00. The van der Waals surface area contributed by atoms with E-state index >= 15 is 0 Å². The summed E-state index contributed by atoms with van der Waals surface area (Å²) in [6.07, 6.45) is 11.9. The molecule has 0 spiro atoms. The summed E-state index contributed by atoms with van der Waals surface area (Å²) in [5, 5.41) is 12.1. The lowest BCUT2D eigenvalue weighted by atomic mass is 9.91. The van der Waals surface area contributed by atoms with E-state index < -0.39 is 23.7 Å². The smallest absolute Gasteiger partial charge is 0.344 e. The Balaban J connectivity index is 6.70. The van der Waals surface area contributed by atoms with Crippen molar-refractivity contribution >= 4 is 0 Å². The summed E-state index contributed by atoms with van der Waals surface area (Å²) in [4.78, 5) is 0. The summed E-state index contributed by atoms with van der Waals surface area (Å²) in [6.45, 7) is 17.6. The van der Waals surface area contributed by atoms with Crippen molar-refractivity contribution < 1.29 is 38.3 Å². The van der Waals surface area contributed by atoms with E-state index in [1.807, 2.05) is 27.7 Å². The molecule has 0 aliphatic rings. The summed E-state index contributed by atoms with van der Waals surface area (Å²) in [5.74, 6) is -5.93. The third-order valence-corrected chi connectivity index (χ3v) is 6.56. The van der Waals surface area contributed by atoms with Gasteiger partial charge in [-0.1, -0.05) is 79.1 Å². The van der Waals surface area contributed by atoms with Crippen LogP contribution < -0.4 is 0 Å². The molecule has 8 nitrogen and oxygen atoms in total. The summed E-state index contributed by atoms with van der Waals surface area (Å²) >= 11 is 0. The molecule has 0 rings (SSSR count). The molecule has 8 heteroatoms. The topological polar surface area (TPSA) is 84.8 Å². The molecule has 236 valence electrons. The van der Waals surface area contributed by atoms with Gasteiger partial charge >= 0.3 is 11.8 Å². The van der Waals surface area contributed by atoms with Gasteiger partial charge in [0.25, 0.3) is 5.79 Å². The SMILES string of the molecule is CCCCCCCCCCC(OCCC)C(OCCC)(OCCC)C(OCC)(OCC)C(O)(OCC)OCC. The standard InChI is InChI=1S/C31H64O8/c1-9-17-18-19-20-21-22-23-24-28(33-25-10-2)29(38-26-11-3,39-27-12-4)30(34-13-5,35-14-6)31(32,36-15-7)37-16-8/h28,32H,9-27H2,1-8H3. The summed E-state index contributed by atoms with van der Waals surface area (Å²) < 4.78 is 44.5. The zero-order valence-electron chi connectivity index (χ0n) is 26.8. The minimum Gasteiger partial charge on any atom is -0.372 e. The molecule has 0 radical (unpaired) electrons. The molecule has 1 N–H and O–H groups in total. The normalized spacial score (nSPS) is 13.8. The second-order valence-corrected chi connectivity index (χ2v) is 9.92. The van der Waals surface area contributed by atoms with Crippen LogP contribution in [-0.2, 0) is 33.2 Å². The van der Waals surface area contributed by atoms with Crippen LogP contribution in [0, 0.1) is 0 Å². The van der Waals surface area contributed by atoms with Crippen molar-refractivity contribution in [2.24, 2.45) is 0 Å². The Morgan fingerprint density at radius 2 is 0.923 bits per heavy atom. The van der Waals surface area contributed by atoms with Crippen LogP contribution in [0.15, 0.2) is 0 Å². The van der Waals surface area contributed by atoms with Gasteiger partial charge in [-0.05, 0) is 53.4 Å². The van der Waals surface area contributed by atoms with E-state index in [1.54, 1.807) is 13.8 Å². The van der Waals surface area contributed by atoms with Gasteiger partial charge in [0.1, 0.15) is 6.10 Å². The molecule has 0 aromatic carbocycles. The predicted octanol–water partition coefficient (Wildman–Crippen LogP) is 7.35. The molecule has 1 unspecified atom stereocenters. The first kappa shape index (κ1) is 38.7. The predicted molar refractivity (Wildman–Crippen MR) is 157 cm³/mol. The number of ether oxygens (including phenoxy) is 7.